The number of hydrogen-bond donors (Lipinski definition) is 1. The Morgan fingerprint density at radius 1 is 1.42 bits per heavy atom. The molecule has 24 heavy (non-hydrogen) atoms. The predicted octanol–water partition coefficient (Wildman–Crippen LogP) is 0.625. The SMILES string of the molecule is Cn1cc(CN2CC[C@@]3(C[C@@H](NS(=O)(=O)C4CC4)CCO3)C2)cn1. The molecule has 1 aliphatic carbocycles. The molecule has 2 aliphatic heterocycles. The van der Waals surface area contributed by atoms with Gasteiger partial charge in [0.1, 0.15) is 0 Å². The molecule has 4 rings (SSSR count). The number of hydrogen-bond acceptors (Lipinski definition) is 5. The van der Waals surface area contributed by atoms with Crippen LogP contribution in [0.2, 0.25) is 0 Å². The van der Waals surface area contributed by atoms with Crippen LogP contribution in [0, 0.1) is 0 Å². The van der Waals surface area contributed by atoms with Gasteiger partial charge < -0.3 is 4.74 Å². The van der Waals surface area contributed by atoms with Crippen LogP contribution in [0.5, 0.6) is 0 Å². The Morgan fingerprint density at radius 2 is 2.25 bits per heavy atom. The molecule has 7 nitrogen and oxygen atoms in total. The molecule has 0 bridgehead atoms. The minimum absolute atomic E-state index is 0.0164. The quantitative estimate of drug-likeness (QED) is 0.839. The van der Waals surface area contributed by atoms with Crippen LogP contribution in [-0.2, 0) is 28.4 Å². The van der Waals surface area contributed by atoms with Gasteiger partial charge in [-0.3, -0.25) is 9.58 Å². The van der Waals surface area contributed by atoms with E-state index in [-0.39, 0.29) is 16.9 Å². The average Bonchev–Trinajstić information content (AvgIpc) is 3.22. The summed E-state index contributed by atoms with van der Waals surface area (Å²) in [6.07, 6.45) is 8.08. The summed E-state index contributed by atoms with van der Waals surface area (Å²) < 4.78 is 35.3. The molecule has 0 aromatic carbocycles. The number of nitrogens with zero attached hydrogens (tertiary/aromatic N) is 3. The number of ether oxygens (including phenoxy) is 1. The molecule has 3 fully saturated rings. The summed E-state index contributed by atoms with van der Waals surface area (Å²) in [5.74, 6) is 0. The highest BCUT2D eigenvalue weighted by Crippen LogP contribution is 2.36. The smallest absolute Gasteiger partial charge is 0.214 e. The van der Waals surface area contributed by atoms with E-state index in [0.717, 1.165) is 51.7 Å². The minimum Gasteiger partial charge on any atom is -0.373 e. The second kappa shape index (κ2) is 6.09. The number of aryl methyl sites for hydroxylation is 1. The Bertz CT molecular complexity index is 700. The lowest BCUT2D eigenvalue weighted by Crippen LogP contribution is -2.50. The number of rotatable bonds is 5. The van der Waals surface area contributed by atoms with Crippen molar-refractivity contribution in [3.05, 3.63) is 18.0 Å². The molecule has 0 amide bonds. The Hall–Kier alpha value is -0.960. The van der Waals surface area contributed by atoms with Crippen LogP contribution in [0.1, 0.15) is 37.7 Å². The minimum atomic E-state index is -3.12. The maximum absolute atomic E-state index is 12.2. The lowest BCUT2D eigenvalue weighted by Gasteiger charge is -2.38. The molecular formula is C16H26N4O3S. The predicted molar refractivity (Wildman–Crippen MR) is 89.9 cm³/mol. The van der Waals surface area contributed by atoms with Crippen LogP contribution in [0.3, 0.4) is 0 Å². The van der Waals surface area contributed by atoms with Gasteiger partial charge >= 0.3 is 0 Å². The fourth-order valence-electron chi connectivity index (χ4n) is 3.99. The van der Waals surface area contributed by atoms with Crippen molar-refractivity contribution in [2.75, 3.05) is 19.7 Å². The summed E-state index contributed by atoms with van der Waals surface area (Å²) >= 11 is 0. The molecule has 1 N–H and O–H groups in total. The Balaban J connectivity index is 1.36. The van der Waals surface area contributed by atoms with Crippen molar-refractivity contribution in [1.29, 1.82) is 0 Å². The number of aromatic nitrogens is 2. The molecule has 0 unspecified atom stereocenters. The van der Waals surface area contributed by atoms with E-state index in [1.807, 2.05) is 24.1 Å². The van der Waals surface area contributed by atoms with E-state index in [1.165, 1.54) is 5.56 Å². The average molecular weight is 354 g/mol. The van der Waals surface area contributed by atoms with Crippen LogP contribution in [-0.4, -0.2) is 59.7 Å². The summed E-state index contributed by atoms with van der Waals surface area (Å²) in [5, 5.41) is 4.07. The molecule has 1 aromatic heterocycles. The summed E-state index contributed by atoms with van der Waals surface area (Å²) in [4.78, 5) is 2.38. The maximum atomic E-state index is 12.2. The van der Waals surface area contributed by atoms with E-state index in [0.29, 0.717) is 6.61 Å². The number of nitrogens with one attached hydrogen (secondary N) is 1. The zero-order chi connectivity index (χ0) is 16.8. The molecule has 0 radical (unpaired) electrons. The third-order valence-corrected chi connectivity index (χ3v) is 7.36. The normalized spacial score (nSPS) is 31.8. The topological polar surface area (TPSA) is 76.5 Å². The van der Waals surface area contributed by atoms with Crippen molar-refractivity contribution in [2.45, 2.75) is 55.5 Å². The van der Waals surface area contributed by atoms with Gasteiger partial charge in [-0.15, -0.1) is 0 Å². The van der Waals surface area contributed by atoms with Crippen molar-refractivity contribution < 1.29 is 13.2 Å². The zero-order valence-electron chi connectivity index (χ0n) is 14.1. The van der Waals surface area contributed by atoms with Crippen molar-refractivity contribution in [3.8, 4) is 0 Å². The Labute approximate surface area is 143 Å². The van der Waals surface area contributed by atoms with Crippen molar-refractivity contribution >= 4 is 10.0 Å². The van der Waals surface area contributed by atoms with Gasteiger partial charge in [0.25, 0.3) is 0 Å². The standard InChI is InChI=1S/C16H26N4O3S/c1-19-10-13(9-17-19)11-20-6-5-16(12-20)8-14(4-7-23-16)18-24(21,22)15-2-3-15/h9-10,14-15,18H,2-8,11-12H2,1H3/t14-,16+/m0/s1. The first-order valence-electron chi connectivity index (χ1n) is 8.79. The van der Waals surface area contributed by atoms with Crippen molar-refractivity contribution in [2.24, 2.45) is 7.05 Å². The van der Waals surface area contributed by atoms with Gasteiger partial charge in [-0.1, -0.05) is 0 Å². The molecule has 1 aromatic rings. The molecular weight excluding hydrogens is 328 g/mol. The van der Waals surface area contributed by atoms with Gasteiger partial charge in [0.2, 0.25) is 10.0 Å². The van der Waals surface area contributed by atoms with E-state index in [2.05, 4.69) is 14.7 Å². The van der Waals surface area contributed by atoms with Crippen LogP contribution < -0.4 is 4.72 Å². The maximum Gasteiger partial charge on any atom is 0.214 e. The highest BCUT2D eigenvalue weighted by molar-refractivity contribution is 7.90. The van der Waals surface area contributed by atoms with Gasteiger partial charge in [0, 0.05) is 51.1 Å². The second-order valence-electron chi connectivity index (χ2n) is 7.57. The molecule has 2 atom stereocenters. The van der Waals surface area contributed by atoms with Crippen LogP contribution >= 0.6 is 0 Å². The molecule has 1 saturated carbocycles. The first kappa shape index (κ1) is 16.5. The Kier molecular flexibility index (Phi) is 4.19. The first-order valence-corrected chi connectivity index (χ1v) is 10.3. The highest BCUT2D eigenvalue weighted by atomic mass is 32.2. The van der Waals surface area contributed by atoms with E-state index in [1.54, 1.807) is 0 Å². The van der Waals surface area contributed by atoms with Gasteiger partial charge in [-0.25, -0.2) is 13.1 Å². The summed E-state index contributed by atoms with van der Waals surface area (Å²) in [6, 6.07) is 0.0164. The second-order valence-corrected chi connectivity index (χ2v) is 9.56. The van der Waals surface area contributed by atoms with E-state index < -0.39 is 10.0 Å². The van der Waals surface area contributed by atoms with Gasteiger partial charge in [-0.05, 0) is 32.1 Å². The zero-order valence-corrected chi connectivity index (χ0v) is 15.0. The van der Waals surface area contributed by atoms with Crippen molar-refractivity contribution in [1.82, 2.24) is 19.4 Å². The summed E-state index contributed by atoms with van der Waals surface area (Å²) in [7, 11) is -1.20. The number of sulfonamides is 1. The third-order valence-electron chi connectivity index (χ3n) is 5.35. The van der Waals surface area contributed by atoms with Gasteiger partial charge in [0.05, 0.1) is 17.0 Å². The van der Waals surface area contributed by atoms with Crippen LogP contribution in [0.25, 0.3) is 0 Å². The molecule has 1 spiro atoms. The third kappa shape index (κ3) is 3.51. The molecule has 3 heterocycles. The fourth-order valence-corrected chi connectivity index (χ4v) is 5.61. The van der Waals surface area contributed by atoms with E-state index >= 15 is 0 Å². The summed E-state index contributed by atoms with van der Waals surface area (Å²) in [6.45, 7) is 3.36. The monoisotopic (exact) mass is 354 g/mol. The van der Waals surface area contributed by atoms with Gasteiger partial charge in [-0.2, -0.15) is 5.10 Å². The summed E-state index contributed by atoms with van der Waals surface area (Å²) in [5.41, 5.74) is 1.01. The molecule has 2 saturated heterocycles. The molecule has 134 valence electrons. The van der Waals surface area contributed by atoms with Crippen LogP contribution in [0.4, 0.5) is 0 Å². The first-order chi connectivity index (χ1) is 11.4. The van der Waals surface area contributed by atoms with E-state index in [4.69, 9.17) is 4.74 Å². The largest absolute Gasteiger partial charge is 0.373 e. The Morgan fingerprint density at radius 3 is 2.96 bits per heavy atom. The molecule has 8 heteroatoms. The van der Waals surface area contributed by atoms with E-state index in [9.17, 15) is 8.42 Å². The fraction of sp³-hybridized carbons (Fsp3) is 0.812. The lowest BCUT2D eigenvalue weighted by molar-refractivity contribution is -0.0779. The number of likely N-dealkylation sites (tertiary alicyclic amines) is 1. The van der Waals surface area contributed by atoms with Gasteiger partial charge in [0.15, 0.2) is 0 Å². The van der Waals surface area contributed by atoms with Crippen LogP contribution in [0.15, 0.2) is 12.4 Å². The lowest BCUT2D eigenvalue weighted by atomic mass is 9.90. The highest BCUT2D eigenvalue weighted by Gasteiger charge is 2.45. The van der Waals surface area contributed by atoms with Crippen molar-refractivity contribution in [3.63, 3.8) is 0 Å². The molecule has 3 aliphatic rings.